The third-order valence-corrected chi connectivity index (χ3v) is 7.49. The first-order valence-electron chi connectivity index (χ1n) is 12.4. The molecule has 0 bridgehead atoms. The maximum absolute atomic E-state index is 13.4. The normalized spacial score (nSPS) is 20.8. The maximum atomic E-state index is 13.4. The van der Waals surface area contributed by atoms with Crippen LogP contribution < -0.4 is 14.2 Å². The van der Waals surface area contributed by atoms with Crippen molar-refractivity contribution >= 4 is 27.8 Å². The van der Waals surface area contributed by atoms with E-state index in [-0.39, 0.29) is 12.6 Å². The summed E-state index contributed by atoms with van der Waals surface area (Å²) in [5.41, 5.74) is 4.13. The Hall–Kier alpha value is -2.43. The van der Waals surface area contributed by atoms with Crippen LogP contribution in [0.2, 0.25) is 0 Å². The number of hydrogen-bond acceptors (Lipinski definition) is 8. The monoisotopic (exact) mass is 556 g/mol. The van der Waals surface area contributed by atoms with Gasteiger partial charge < -0.3 is 23.7 Å². The summed E-state index contributed by atoms with van der Waals surface area (Å²) in [6.07, 6.45) is 2.82. The SMILES string of the molecule is Cc1cc2c(c3c1C(=O)/C(=C/c1cc(Br)cc4c1OCOC4)O3)CN(CCCN1CCOCC1)CO2. The Balaban J connectivity index is 1.23. The van der Waals surface area contributed by atoms with E-state index in [1.54, 1.807) is 6.08 Å². The lowest BCUT2D eigenvalue weighted by Gasteiger charge is -2.31. The highest BCUT2D eigenvalue weighted by Crippen LogP contribution is 2.44. The number of carbonyl (C=O) groups excluding carboxylic acids is 1. The lowest BCUT2D eigenvalue weighted by atomic mass is 9.98. The van der Waals surface area contributed by atoms with Gasteiger partial charge >= 0.3 is 0 Å². The van der Waals surface area contributed by atoms with Crippen LogP contribution in [0, 0.1) is 6.92 Å². The number of benzene rings is 2. The number of carbonyl (C=O) groups is 1. The van der Waals surface area contributed by atoms with E-state index < -0.39 is 0 Å². The molecule has 0 saturated carbocycles. The van der Waals surface area contributed by atoms with Gasteiger partial charge in [0.25, 0.3) is 0 Å². The molecule has 190 valence electrons. The fourth-order valence-corrected chi connectivity index (χ4v) is 5.74. The van der Waals surface area contributed by atoms with E-state index in [1.165, 1.54) is 0 Å². The van der Waals surface area contributed by atoms with Crippen molar-refractivity contribution in [1.29, 1.82) is 0 Å². The number of rotatable bonds is 5. The molecule has 9 heteroatoms. The van der Waals surface area contributed by atoms with Gasteiger partial charge in [-0.15, -0.1) is 0 Å². The summed E-state index contributed by atoms with van der Waals surface area (Å²) in [7, 11) is 0. The van der Waals surface area contributed by atoms with Gasteiger partial charge in [0.1, 0.15) is 24.0 Å². The second-order valence-corrected chi connectivity index (χ2v) is 10.5. The summed E-state index contributed by atoms with van der Waals surface area (Å²) < 4.78 is 29.9. The Kier molecular flexibility index (Phi) is 6.74. The molecule has 0 aliphatic carbocycles. The molecule has 4 aliphatic heterocycles. The first-order chi connectivity index (χ1) is 17.6. The van der Waals surface area contributed by atoms with Crippen LogP contribution in [-0.2, 0) is 22.6 Å². The van der Waals surface area contributed by atoms with Gasteiger partial charge in [0.2, 0.25) is 5.78 Å². The number of ether oxygens (including phenoxy) is 5. The highest BCUT2D eigenvalue weighted by atomic mass is 79.9. The lowest BCUT2D eigenvalue weighted by Crippen LogP contribution is -2.39. The van der Waals surface area contributed by atoms with Crippen LogP contribution in [0.3, 0.4) is 0 Å². The molecule has 1 fully saturated rings. The van der Waals surface area contributed by atoms with E-state index in [1.807, 2.05) is 25.1 Å². The summed E-state index contributed by atoms with van der Waals surface area (Å²) in [6, 6.07) is 5.86. The van der Waals surface area contributed by atoms with Crippen molar-refractivity contribution in [3.05, 3.63) is 56.2 Å². The minimum Gasteiger partial charge on any atom is -0.478 e. The number of fused-ring (bicyclic) bond motifs is 4. The van der Waals surface area contributed by atoms with Crippen LogP contribution in [0.1, 0.15) is 39.0 Å². The zero-order chi connectivity index (χ0) is 24.6. The molecule has 1 saturated heterocycles. The average molecular weight is 557 g/mol. The van der Waals surface area contributed by atoms with Crippen LogP contribution >= 0.6 is 15.9 Å². The summed E-state index contributed by atoms with van der Waals surface area (Å²) in [5.74, 6) is 2.31. The Morgan fingerprint density at radius 2 is 1.86 bits per heavy atom. The number of Topliss-reactive ketones (excluding diaryl/α,β-unsaturated/α-hetero) is 1. The highest BCUT2D eigenvalue weighted by Gasteiger charge is 2.35. The largest absolute Gasteiger partial charge is 0.478 e. The van der Waals surface area contributed by atoms with Crippen LogP contribution in [0.5, 0.6) is 17.2 Å². The van der Waals surface area contributed by atoms with E-state index in [0.29, 0.717) is 37.0 Å². The molecule has 0 N–H and O–H groups in total. The van der Waals surface area contributed by atoms with Crippen molar-refractivity contribution in [1.82, 2.24) is 9.80 Å². The van der Waals surface area contributed by atoms with Crippen molar-refractivity contribution in [2.75, 3.05) is 52.9 Å². The molecule has 0 atom stereocenters. The van der Waals surface area contributed by atoms with Gasteiger partial charge in [-0.25, -0.2) is 0 Å². The molecule has 0 aromatic heterocycles. The fourth-order valence-electron chi connectivity index (χ4n) is 5.22. The van der Waals surface area contributed by atoms with Crippen molar-refractivity contribution < 1.29 is 28.5 Å². The summed E-state index contributed by atoms with van der Waals surface area (Å²) in [5, 5.41) is 0. The molecule has 2 aromatic carbocycles. The standard InChI is InChI=1S/C27H29BrN2O6/c1-17-9-22-21(13-30(15-34-22)4-2-3-29-5-7-32-8-6-29)27-24(17)25(31)23(36-27)12-18-10-20(28)11-19-14-33-16-35-26(18)19/h9-12H,2-8,13-16H2,1H3/b23-12-. The predicted molar refractivity (Wildman–Crippen MR) is 136 cm³/mol. The molecule has 4 heterocycles. The van der Waals surface area contributed by atoms with Crippen LogP contribution in [-0.4, -0.2) is 68.5 Å². The second-order valence-electron chi connectivity index (χ2n) is 9.54. The number of ketones is 1. The van der Waals surface area contributed by atoms with E-state index in [0.717, 1.165) is 84.0 Å². The molecule has 4 aliphatic rings. The van der Waals surface area contributed by atoms with E-state index in [9.17, 15) is 4.79 Å². The fraction of sp³-hybridized carbons (Fsp3) is 0.444. The van der Waals surface area contributed by atoms with Crippen molar-refractivity contribution in [3.63, 3.8) is 0 Å². The Morgan fingerprint density at radius 3 is 2.72 bits per heavy atom. The number of aryl methyl sites for hydroxylation is 1. The van der Waals surface area contributed by atoms with Gasteiger partial charge in [-0.2, -0.15) is 0 Å². The number of morpholine rings is 1. The molecule has 2 aromatic rings. The van der Waals surface area contributed by atoms with Crippen molar-refractivity contribution in [2.45, 2.75) is 26.5 Å². The maximum Gasteiger partial charge on any atom is 0.232 e. The Labute approximate surface area is 218 Å². The van der Waals surface area contributed by atoms with E-state index >= 15 is 0 Å². The average Bonchev–Trinajstić information content (AvgIpc) is 3.21. The van der Waals surface area contributed by atoms with Gasteiger partial charge in [0, 0.05) is 41.8 Å². The number of halogens is 1. The molecule has 0 unspecified atom stereocenters. The topological polar surface area (TPSA) is 69.7 Å². The van der Waals surface area contributed by atoms with Gasteiger partial charge in [-0.05, 0) is 49.7 Å². The van der Waals surface area contributed by atoms with Crippen LogP contribution in [0.15, 0.2) is 28.4 Å². The summed E-state index contributed by atoms with van der Waals surface area (Å²) in [6.45, 7) is 9.39. The smallest absolute Gasteiger partial charge is 0.232 e. The predicted octanol–water partition coefficient (Wildman–Crippen LogP) is 4.11. The molecule has 0 radical (unpaired) electrons. The molecular weight excluding hydrogens is 528 g/mol. The van der Waals surface area contributed by atoms with E-state index in [4.69, 9.17) is 23.7 Å². The van der Waals surface area contributed by atoms with Crippen molar-refractivity contribution in [3.8, 4) is 17.2 Å². The van der Waals surface area contributed by atoms with Gasteiger partial charge in [0.05, 0.1) is 30.9 Å². The molecule has 0 amide bonds. The third-order valence-electron chi connectivity index (χ3n) is 7.03. The minimum atomic E-state index is -0.115. The van der Waals surface area contributed by atoms with Crippen molar-refractivity contribution in [2.24, 2.45) is 0 Å². The zero-order valence-electron chi connectivity index (χ0n) is 20.3. The first kappa shape index (κ1) is 23.9. The second kappa shape index (κ2) is 10.1. The molecule has 8 nitrogen and oxygen atoms in total. The number of allylic oxidation sites excluding steroid dienone is 1. The molecule has 6 rings (SSSR count). The highest BCUT2D eigenvalue weighted by molar-refractivity contribution is 9.10. The molecule has 0 spiro atoms. The van der Waals surface area contributed by atoms with E-state index in [2.05, 4.69) is 25.7 Å². The van der Waals surface area contributed by atoms with Crippen LogP contribution in [0.4, 0.5) is 0 Å². The Bertz CT molecular complexity index is 1220. The number of hydrogen-bond donors (Lipinski definition) is 0. The van der Waals surface area contributed by atoms with Gasteiger partial charge in [-0.1, -0.05) is 15.9 Å². The minimum absolute atomic E-state index is 0.115. The van der Waals surface area contributed by atoms with Gasteiger partial charge in [0.15, 0.2) is 12.6 Å². The van der Waals surface area contributed by atoms with Crippen LogP contribution in [0.25, 0.3) is 6.08 Å². The molecule has 36 heavy (non-hydrogen) atoms. The summed E-state index contributed by atoms with van der Waals surface area (Å²) >= 11 is 3.55. The third kappa shape index (κ3) is 4.66. The lowest BCUT2D eigenvalue weighted by molar-refractivity contribution is -0.0165. The molecular formula is C27H29BrN2O6. The Morgan fingerprint density at radius 1 is 1.03 bits per heavy atom. The quantitative estimate of drug-likeness (QED) is 0.509. The first-order valence-corrected chi connectivity index (χ1v) is 13.1. The summed E-state index contributed by atoms with van der Waals surface area (Å²) in [4.78, 5) is 18.2. The number of nitrogens with zero attached hydrogens (tertiary/aromatic N) is 2. The zero-order valence-corrected chi connectivity index (χ0v) is 21.9. The van der Waals surface area contributed by atoms with Gasteiger partial charge in [-0.3, -0.25) is 14.6 Å².